The standard InChI is InChI=1S/C27H38O2.C27H36O2/c2*1-8-26(29,9-2)15-14-22-12-13-23(16-19(22)5)27(10-3,11-4)24-17-20(6)25(28)21(7)18-24/h12-18,28-29H,8-11H2,1-7H3;12-13,16-18,28-29H,8-11H2,1-7H3/b15-14+;. The summed E-state index contributed by atoms with van der Waals surface area (Å²) < 4.78 is 0. The normalized spacial score (nSPS) is 12.3. The molecule has 4 heteroatoms. The molecule has 0 heterocycles. The van der Waals surface area contributed by atoms with Crippen LogP contribution in [0.1, 0.15) is 174 Å². The zero-order valence-electron chi connectivity index (χ0n) is 38.4. The van der Waals surface area contributed by atoms with Crippen LogP contribution in [-0.2, 0) is 10.8 Å². The summed E-state index contributed by atoms with van der Waals surface area (Å²) in [5, 5.41) is 41.5. The second kappa shape index (κ2) is 20.1. The SMILES string of the molecule is CCC(O)(/C=C/c1ccc(C(CC)(CC)c2cc(C)c(O)c(C)c2)cc1C)CC.CCC(O)(C#Cc1ccc(C(CC)(CC)c2cc(C)c(O)c(C)c2)cc1C)CC. The molecule has 4 N–H and O–H groups in total. The van der Waals surface area contributed by atoms with Crippen LogP contribution in [0, 0.1) is 53.4 Å². The van der Waals surface area contributed by atoms with Gasteiger partial charge in [-0.15, -0.1) is 0 Å². The molecule has 314 valence electrons. The number of aromatic hydroxyl groups is 2. The number of hydrogen-bond donors (Lipinski definition) is 4. The van der Waals surface area contributed by atoms with E-state index in [-0.39, 0.29) is 10.8 Å². The molecule has 0 aliphatic rings. The molecular formula is C54H74O4. The van der Waals surface area contributed by atoms with E-state index < -0.39 is 11.2 Å². The first-order chi connectivity index (χ1) is 27.3. The Balaban J connectivity index is 0.000000310. The van der Waals surface area contributed by atoms with Gasteiger partial charge in [-0.25, -0.2) is 0 Å². The Morgan fingerprint density at radius 3 is 1.19 bits per heavy atom. The van der Waals surface area contributed by atoms with Gasteiger partial charge in [0.1, 0.15) is 17.1 Å². The van der Waals surface area contributed by atoms with E-state index in [4.69, 9.17) is 0 Å². The van der Waals surface area contributed by atoms with Crippen molar-refractivity contribution < 1.29 is 20.4 Å². The van der Waals surface area contributed by atoms with Gasteiger partial charge >= 0.3 is 0 Å². The van der Waals surface area contributed by atoms with E-state index in [1.54, 1.807) is 0 Å². The third-order valence-corrected chi connectivity index (χ3v) is 13.5. The van der Waals surface area contributed by atoms with Crippen LogP contribution in [0.15, 0.2) is 66.7 Å². The summed E-state index contributed by atoms with van der Waals surface area (Å²) in [7, 11) is 0. The minimum absolute atomic E-state index is 0.0796. The number of rotatable bonds is 14. The third kappa shape index (κ3) is 10.3. The summed E-state index contributed by atoms with van der Waals surface area (Å²) in [4.78, 5) is 0. The highest BCUT2D eigenvalue weighted by Crippen LogP contribution is 2.43. The van der Waals surface area contributed by atoms with Crippen LogP contribution in [0.5, 0.6) is 11.5 Å². The predicted octanol–water partition coefficient (Wildman–Crippen LogP) is 13.3. The van der Waals surface area contributed by atoms with Crippen molar-refractivity contribution in [2.75, 3.05) is 0 Å². The van der Waals surface area contributed by atoms with Crippen molar-refractivity contribution >= 4 is 6.08 Å². The Morgan fingerprint density at radius 1 is 0.466 bits per heavy atom. The van der Waals surface area contributed by atoms with Crippen molar-refractivity contribution in [3.8, 4) is 23.3 Å². The Morgan fingerprint density at radius 2 is 0.845 bits per heavy atom. The molecule has 4 nitrogen and oxygen atoms in total. The van der Waals surface area contributed by atoms with Gasteiger partial charge in [-0.3, -0.25) is 0 Å². The van der Waals surface area contributed by atoms with Crippen LogP contribution in [0.3, 0.4) is 0 Å². The molecule has 0 aliphatic heterocycles. The summed E-state index contributed by atoms with van der Waals surface area (Å²) in [5.74, 6) is 7.05. The van der Waals surface area contributed by atoms with Gasteiger partial charge in [0, 0.05) is 16.4 Å². The van der Waals surface area contributed by atoms with Gasteiger partial charge in [0.05, 0.1) is 5.60 Å². The fourth-order valence-electron chi connectivity index (χ4n) is 8.53. The van der Waals surface area contributed by atoms with Crippen molar-refractivity contribution in [2.24, 2.45) is 0 Å². The second-order valence-electron chi connectivity index (χ2n) is 16.7. The highest BCUT2D eigenvalue weighted by atomic mass is 16.3. The average Bonchev–Trinajstić information content (AvgIpc) is 3.22. The van der Waals surface area contributed by atoms with E-state index in [2.05, 4.69) is 120 Å². The molecular weight excluding hydrogens is 713 g/mol. The van der Waals surface area contributed by atoms with Crippen molar-refractivity contribution in [1.82, 2.24) is 0 Å². The van der Waals surface area contributed by atoms with E-state index in [9.17, 15) is 20.4 Å². The molecule has 0 aromatic heterocycles. The highest BCUT2D eigenvalue weighted by Gasteiger charge is 2.33. The van der Waals surface area contributed by atoms with Gasteiger partial charge in [0.15, 0.2) is 0 Å². The first-order valence-electron chi connectivity index (χ1n) is 21.8. The third-order valence-electron chi connectivity index (χ3n) is 13.5. The Hall–Kier alpha value is -4.30. The molecule has 58 heavy (non-hydrogen) atoms. The average molecular weight is 787 g/mol. The fourth-order valence-corrected chi connectivity index (χ4v) is 8.53. The van der Waals surface area contributed by atoms with Crippen molar-refractivity contribution in [2.45, 2.75) is 170 Å². The Kier molecular flexibility index (Phi) is 16.7. The van der Waals surface area contributed by atoms with Crippen molar-refractivity contribution in [3.05, 3.63) is 134 Å². The maximum absolute atomic E-state index is 10.6. The van der Waals surface area contributed by atoms with E-state index in [1.807, 2.05) is 61.5 Å². The number of hydrogen-bond acceptors (Lipinski definition) is 4. The Bertz CT molecular complexity index is 2040. The topological polar surface area (TPSA) is 80.9 Å². The van der Waals surface area contributed by atoms with E-state index >= 15 is 0 Å². The molecule has 0 bridgehead atoms. The maximum atomic E-state index is 10.6. The van der Waals surface area contributed by atoms with Gasteiger partial charge in [-0.2, -0.15) is 0 Å². The number of aryl methyl sites for hydroxylation is 6. The predicted molar refractivity (Wildman–Crippen MR) is 247 cm³/mol. The lowest BCUT2D eigenvalue weighted by Crippen LogP contribution is -2.26. The van der Waals surface area contributed by atoms with E-state index in [0.29, 0.717) is 37.2 Å². The van der Waals surface area contributed by atoms with Gasteiger partial charge in [0.25, 0.3) is 0 Å². The van der Waals surface area contributed by atoms with Gasteiger partial charge in [-0.1, -0.05) is 134 Å². The first kappa shape index (κ1) is 48.1. The minimum Gasteiger partial charge on any atom is -0.507 e. The van der Waals surface area contributed by atoms with Crippen molar-refractivity contribution in [1.29, 1.82) is 0 Å². The summed E-state index contributed by atoms with van der Waals surface area (Å²) in [5.41, 5.74) is 11.4. The molecule has 0 radical (unpaired) electrons. The number of benzene rings is 4. The largest absolute Gasteiger partial charge is 0.507 e. The zero-order valence-corrected chi connectivity index (χ0v) is 38.4. The summed E-state index contributed by atoms with van der Waals surface area (Å²) >= 11 is 0. The monoisotopic (exact) mass is 787 g/mol. The summed E-state index contributed by atoms with van der Waals surface area (Å²) in [6, 6.07) is 21.7. The fraction of sp³-hybridized carbons (Fsp3) is 0.481. The van der Waals surface area contributed by atoms with Crippen LogP contribution in [0.2, 0.25) is 0 Å². The van der Waals surface area contributed by atoms with Gasteiger partial charge in [-0.05, 0) is 160 Å². The van der Waals surface area contributed by atoms with Gasteiger partial charge in [0.2, 0.25) is 0 Å². The molecule has 0 aliphatic carbocycles. The molecule has 0 fully saturated rings. The summed E-state index contributed by atoms with van der Waals surface area (Å²) in [6.45, 7) is 29.0. The molecule has 0 spiro atoms. The Labute approximate surface area is 352 Å². The number of phenolic OH excluding ortho intramolecular Hbond substituents is 2. The smallest absolute Gasteiger partial charge is 0.125 e. The molecule has 4 rings (SSSR count). The first-order valence-corrected chi connectivity index (χ1v) is 21.8. The van der Waals surface area contributed by atoms with Crippen LogP contribution in [0.25, 0.3) is 6.08 Å². The zero-order chi connectivity index (χ0) is 43.6. The van der Waals surface area contributed by atoms with Crippen LogP contribution in [0.4, 0.5) is 0 Å². The lowest BCUT2D eigenvalue weighted by Gasteiger charge is -2.34. The summed E-state index contributed by atoms with van der Waals surface area (Å²) in [6.07, 6.45) is 10.6. The van der Waals surface area contributed by atoms with E-state index in [1.165, 1.54) is 27.8 Å². The number of phenols is 2. The van der Waals surface area contributed by atoms with E-state index in [0.717, 1.165) is 64.6 Å². The highest BCUT2D eigenvalue weighted by molar-refractivity contribution is 5.58. The van der Waals surface area contributed by atoms with Crippen molar-refractivity contribution in [3.63, 3.8) is 0 Å². The van der Waals surface area contributed by atoms with Crippen LogP contribution >= 0.6 is 0 Å². The molecule has 0 saturated heterocycles. The lowest BCUT2D eigenvalue weighted by molar-refractivity contribution is 0.0836. The molecule has 0 unspecified atom stereocenters. The molecule has 0 amide bonds. The molecule has 0 saturated carbocycles. The lowest BCUT2D eigenvalue weighted by atomic mass is 9.69. The number of aliphatic hydroxyl groups is 2. The quantitative estimate of drug-likeness (QED) is 0.0960. The minimum atomic E-state index is -0.914. The second-order valence-corrected chi connectivity index (χ2v) is 16.7. The molecule has 4 aromatic carbocycles. The molecule has 4 aromatic rings. The van der Waals surface area contributed by atoms with Crippen LogP contribution in [-0.4, -0.2) is 31.6 Å². The van der Waals surface area contributed by atoms with Crippen LogP contribution < -0.4 is 0 Å². The van der Waals surface area contributed by atoms with Gasteiger partial charge < -0.3 is 20.4 Å². The molecule has 0 atom stereocenters. The maximum Gasteiger partial charge on any atom is 0.125 e.